The third kappa shape index (κ3) is 4.19. The number of hydrogen-bond donors (Lipinski definition) is 2. The Bertz CT molecular complexity index is 448. The molecule has 2 rings (SSSR count). The quantitative estimate of drug-likeness (QED) is 0.890. The molecule has 3 N–H and O–H groups in total. The number of urea groups is 1. The van der Waals surface area contributed by atoms with E-state index >= 15 is 0 Å². The molecule has 0 saturated carbocycles. The van der Waals surface area contributed by atoms with Gasteiger partial charge in [-0.15, -0.1) is 0 Å². The van der Waals surface area contributed by atoms with Crippen molar-refractivity contribution in [1.82, 2.24) is 9.80 Å². The Morgan fingerprint density at radius 1 is 1.24 bits per heavy atom. The predicted octanol–water partition coefficient (Wildman–Crippen LogP) is 1.88. The fraction of sp³-hybridized carbons (Fsp3) is 0.562. The molecule has 0 radical (unpaired) electrons. The second-order valence-electron chi connectivity index (χ2n) is 5.62. The van der Waals surface area contributed by atoms with Gasteiger partial charge in [-0.05, 0) is 25.5 Å². The first kappa shape index (κ1) is 15.8. The minimum atomic E-state index is -0.0145. The third-order valence-corrected chi connectivity index (χ3v) is 4.16. The number of benzene rings is 1. The zero-order chi connectivity index (χ0) is 15.2. The van der Waals surface area contributed by atoms with Crippen LogP contribution in [0.1, 0.15) is 18.9 Å². The zero-order valence-corrected chi connectivity index (χ0v) is 13.0. The lowest BCUT2D eigenvalue weighted by Crippen LogP contribution is -2.54. The van der Waals surface area contributed by atoms with Crippen molar-refractivity contribution in [1.29, 1.82) is 0 Å². The van der Waals surface area contributed by atoms with Gasteiger partial charge in [-0.3, -0.25) is 4.90 Å². The average Bonchev–Trinajstić information content (AvgIpc) is 2.51. The number of aryl methyl sites for hydroxylation is 1. The summed E-state index contributed by atoms with van der Waals surface area (Å²) in [6.07, 6.45) is 1.06. The summed E-state index contributed by atoms with van der Waals surface area (Å²) in [4.78, 5) is 16.5. The standard InChI is InChI=1S/C16H26N4O/c1-3-15(12-17)19-8-10-20(11-9-19)16(21)18-14-6-4-13(2)5-7-14/h4-7,15H,3,8-12,17H2,1-2H3,(H,18,21). The van der Waals surface area contributed by atoms with Crippen molar-refractivity contribution in [3.63, 3.8) is 0 Å². The van der Waals surface area contributed by atoms with Crippen molar-refractivity contribution in [2.24, 2.45) is 5.73 Å². The van der Waals surface area contributed by atoms with Crippen molar-refractivity contribution in [3.8, 4) is 0 Å². The van der Waals surface area contributed by atoms with Crippen molar-refractivity contribution >= 4 is 11.7 Å². The van der Waals surface area contributed by atoms with Gasteiger partial charge in [0, 0.05) is 44.5 Å². The molecule has 21 heavy (non-hydrogen) atoms. The van der Waals surface area contributed by atoms with Crippen LogP contribution in [0.3, 0.4) is 0 Å². The lowest BCUT2D eigenvalue weighted by molar-refractivity contribution is 0.113. The van der Waals surface area contributed by atoms with E-state index in [2.05, 4.69) is 17.1 Å². The highest BCUT2D eigenvalue weighted by molar-refractivity contribution is 5.89. The second kappa shape index (κ2) is 7.43. The number of piperazine rings is 1. The van der Waals surface area contributed by atoms with E-state index in [1.807, 2.05) is 36.1 Å². The molecular formula is C16H26N4O. The molecule has 1 heterocycles. The summed E-state index contributed by atoms with van der Waals surface area (Å²) in [6.45, 7) is 8.20. The van der Waals surface area contributed by atoms with E-state index in [0.717, 1.165) is 38.3 Å². The molecule has 0 spiro atoms. The normalized spacial score (nSPS) is 17.6. The van der Waals surface area contributed by atoms with Crippen LogP contribution in [-0.2, 0) is 0 Å². The second-order valence-corrected chi connectivity index (χ2v) is 5.62. The summed E-state index contributed by atoms with van der Waals surface area (Å²) in [5, 5.41) is 2.95. The minimum Gasteiger partial charge on any atom is -0.329 e. The lowest BCUT2D eigenvalue weighted by atomic mass is 10.1. The lowest BCUT2D eigenvalue weighted by Gasteiger charge is -2.38. The number of nitrogens with one attached hydrogen (secondary N) is 1. The van der Waals surface area contributed by atoms with Gasteiger partial charge in [0.05, 0.1) is 0 Å². The van der Waals surface area contributed by atoms with Crippen molar-refractivity contribution < 1.29 is 4.79 Å². The summed E-state index contributed by atoms with van der Waals surface area (Å²) < 4.78 is 0. The molecule has 0 aromatic heterocycles. The van der Waals surface area contributed by atoms with Crippen molar-refractivity contribution in [3.05, 3.63) is 29.8 Å². The van der Waals surface area contributed by atoms with Crippen LogP contribution < -0.4 is 11.1 Å². The van der Waals surface area contributed by atoms with Gasteiger partial charge in [0.15, 0.2) is 0 Å². The van der Waals surface area contributed by atoms with E-state index in [0.29, 0.717) is 12.6 Å². The number of rotatable bonds is 4. The Balaban J connectivity index is 1.84. The first-order valence-electron chi connectivity index (χ1n) is 7.70. The van der Waals surface area contributed by atoms with Gasteiger partial charge in [-0.25, -0.2) is 4.79 Å². The van der Waals surface area contributed by atoms with Gasteiger partial charge in [0.1, 0.15) is 0 Å². The molecule has 5 heteroatoms. The Kier molecular flexibility index (Phi) is 5.59. The SMILES string of the molecule is CCC(CN)N1CCN(C(=O)Nc2ccc(C)cc2)CC1. The summed E-state index contributed by atoms with van der Waals surface area (Å²) in [7, 11) is 0. The van der Waals surface area contributed by atoms with E-state index in [-0.39, 0.29) is 6.03 Å². The molecule has 116 valence electrons. The highest BCUT2D eigenvalue weighted by Crippen LogP contribution is 2.12. The molecule has 1 saturated heterocycles. The molecule has 1 fully saturated rings. The fourth-order valence-corrected chi connectivity index (χ4v) is 2.70. The Hall–Kier alpha value is -1.59. The smallest absolute Gasteiger partial charge is 0.321 e. The first-order valence-corrected chi connectivity index (χ1v) is 7.70. The van der Waals surface area contributed by atoms with Crippen LogP contribution in [-0.4, -0.2) is 54.6 Å². The van der Waals surface area contributed by atoms with Crippen LogP contribution in [0, 0.1) is 6.92 Å². The zero-order valence-electron chi connectivity index (χ0n) is 13.0. The van der Waals surface area contributed by atoms with Crippen LogP contribution in [0.4, 0.5) is 10.5 Å². The molecule has 1 aromatic rings. The van der Waals surface area contributed by atoms with Gasteiger partial charge >= 0.3 is 6.03 Å². The molecule has 0 aliphatic carbocycles. The molecule has 1 aromatic carbocycles. The minimum absolute atomic E-state index is 0.0145. The van der Waals surface area contributed by atoms with Gasteiger partial charge in [0.25, 0.3) is 0 Å². The van der Waals surface area contributed by atoms with E-state index in [1.54, 1.807) is 0 Å². The molecule has 1 unspecified atom stereocenters. The maximum absolute atomic E-state index is 12.2. The topological polar surface area (TPSA) is 61.6 Å². The molecule has 1 atom stereocenters. The van der Waals surface area contributed by atoms with Crippen LogP contribution in [0.25, 0.3) is 0 Å². The van der Waals surface area contributed by atoms with Crippen LogP contribution in [0.5, 0.6) is 0 Å². The highest BCUT2D eigenvalue weighted by Gasteiger charge is 2.24. The number of amides is 2. The summed E-state index contributed by atoms with van der Waals surface area (Å²) in [6, 6.07) is 8.30. The van der Waals surface area contributed by atoms with E-state index in [9.17, 15) is 4.79 Å². The number of anilines is 1. The van der Waals surface area contributed by atoms with Gasteiger partial charge < -0.3 is 16.0 Å². The van der Waals surface area contributed by atoms with Crippen LogP contribution in [0.2, 0.25) is 0 Å². The Morgan fingerprint density at radius 2 is 1.86 bits per heavy atom. The van der Waals surface area contributed by atoms with Gasteiger partial charge in [-0.1, -0.05) is 24.6 Å². The average molecular weight is 290 g/mol. The molecule has 1 aliphatic rings. The maximum Gasteiger partial charge on any atom is 0.321 e. The number of nitrogens with zero attached hydrogens (tertiary/aromatic N) is 2. The Morgan fingerprint density at radius 3 is 2.38 bits per heavy atom. The summed E-state index contributed by atoms with van der Waals surface area (Å²) >= 11 is 0. The number of hydrogen-bond acceptors (Lipinski definition) is 3. The van der Waals surface area contributed by atoms with Crippen LogP contribution >= 0.6 is 0 Å². The monoisotopic (exact) mass is 290 g/mol. The van der Waals surface area contributed by atoms with Gasteiger partial charge in [0.2, 0.25) is 0 Å². The summed E-state index contributed by atoms with van der Waals surface area (Å²) in [5.41, 5.74) is 7.83. The number of carbonyl (C=O) groups excluding carboxylic acids is 1. The molecule has 1 aliphatic heterocycles. The predicted molar refractivity (Wildman–Crippen MR) is 86.5 cm³/mol. The number of nitrogens with two attached hydrogens (primary N) is 1. The van der Waals surface area contributed by atoms with Crippen molar-refractivity contribution in [2.45, 2.75) is 26.3 Å². The first-order chi connectivity index (χ1) is 10.1. The van der Waals surface area contributed by atoms with E-state index in [1.165, 1.54) is 5.56 Å². The van der Waals surface area contributed by atoms with E-state index < -0.39 is 0 Å². The van der Waals surface area contributed by atoms with E-state index in [4.69, 9.17) is 5.73 Å². The Labute approximate surface area is 127 Å². The summed E-state index contributed by atoms with van der Waals surface area (Å²) in [5.74, 6) is 0. The van der Waals surface area contributed by atoms with Gasteiger partial charge in [-0.2, -0.15) is 0 Å². The molecule has 0 bridgehead atoms. The largest absolute Gasteiger partial charge is 0.329 e. The number of carbonyl (C=O) groups is 1. The van der Waals surface area contributed by atoms with Crippen LogP contribution in [0.15, 0.2) is 24.3 Å². The molecular weight excluding hydrogens is 264 g/mol. The van der Waals surface area contributed by atoms with Crippen molar-refractivity contribution in [2.75, 3.05) is 38.0 Å². The highest BCUT2D eigenvalue weighted by atomic mass is 16.2. The maximum atomic E-state index is 12.2. The molecule has 2 amide bonds. The third-order valence-electron chi connectivity index (χ3n) is 4.16. The fourth-order valence-electron chi connectivity index (χ4n) is 2.70. The molecule has 5 nitrogen and oxygen atoms in total.